The van der Waals surface area contributed by atoms with Crippen LogP contribution in [0.25, 0.3) is 5.69 Å². The average molecular weight is 526 g/mol. The third-order valence-corrected chi connectivity index (χ3v) is 7.23. The van der Waals surface area contributed by atoms with Crippen molar-refractivity contribution in [1.29, 1.82) is 0 Å². The maximum atomic E-state index is 13.0. The lowest BCUT2D eigenvalue weighted by atomic mass is 10.0. The summed E-state index contributed by atoms with van der Waals surface area (Å²) in [5, 5.41) is 7.15. The van der Waals surface area contributed by atoms with Gasteiger partial charge in [-0.05, 0) is 91.8 Å². The number of aryl methyl sites for hydroxylation is 2. The van der Waals surface area contributed by atoms with Gasteiger partial charge in [0.2, 0.25) is 5.91 Å². The number of ether oxygens (including phenoxy) is 1. The van der Waals surface area contributed by atoms with E-state index >= 15 is 0 Å². The molecule has 1 aliphatic heterocycles. The minimum absolute atomic E-state index is 0.0490. The number of carbonyl (C=O) groups excluding carboxylic acids is 1. The fourth-order valence-electron chi connectivity index (χ4n) is 4.89. The van der Waals surface area contributed by atoms with E-state index in [-0.39, 0.29) is 18.0 Å². The van der Waals surface area contributed by atoms with Gasteiger partial charge in [0.15, 0.2) is 5.11 Å². The van der Waals surface area contributed by atoms with Gasteiger partial charge in [0, 0.05) is 42.4 Å². The second-order valence-corrected chi connectivity index (χ2v) is 9.82. The van der Waals surface area contributed by atoms with Gasteiger partial charge in [-0.3, -0.25) is 9.78 Å². The van der Waals surface area contributed by atoms with Crippen molar-refractivity contribution in [2.75, 3.05) is 19.0 Å². The van der Waals surface area contributed by atoms with Crippen molar-refractivity contribution >= 4 is 28.9 Å². The number of amides is 1. The van der Waals surface area contributed by atoms with E-state index in [1.807, 2.05) is 86.8 Å². The Morgan fingerprint density at radius 3 is 2.63 bits per heavy atom. The molecule has 4 aromatic rings. The minimum atomic E-state index is -0.169. The highest BCUT2D eigenvalue weighted by molar-refractivity contribution is 7.80. The Hall–Kier alpha value is -4.17. The van der Waals surface area contributed by atoms with E-state index in [2.05, 4.69) is 31.2 Å². The summed E-state index contributed by atoms with van der Waals surface area (Å²) in [6, 6.07) is 23.7. The van der Waals surface area contributed by atoms with Gasteiger partial charge in [0.1, 0.15) is 5.75 Å². The van der Waals surface area contributed by atoms with Crippen molar-refractivity contribution in [1.82, 2.24) is 19.8 Å². The number of benzene rings is 2. The Morgan fingerprint density at radius 2 is 1.89 bits per heavy atom. The zero-order valence-corrected chi connectivity index (χ0v) is 22.5. The number of nitrogens with one attached hydrogen (secondary N) is 2. The van der Waals surface area contributed by atoms with Gasteiger partial charge in [-0.15, -0.1) is 0 Å². The van der Waals surface area contributed by atoms with E-state index in [1.165, 1.54) is 0 Å². The Morgan fingerprint density at radius 1 is 1.08 bits per heavy atom. The van der Waals surface area contributed by atoms with E-state index in [0.717, 1.165) is 39.6 Å². The standard InChI is InChI=1S/C30H31N5O2S/c1-20-9-10-21(2)25(19-20)32-27(36)15-18-35-29(28(33-30(35)38)24-7-4-5-16-31-24)26-8-6-17-34(26)22-11-13-23(37-3)14-12-22/h4-14,16-17,19,28-29H,15,18H2,1-3H3,(H,32,36)(H,33,38). The second-order valence-electron chi connectivity index (χ2n) is 9.44. The molecule has 5 rings (SSSR count). The normalized spacial score (nSPS) is 16.8. The Kier molecular flexibility index (Phi) is 7.42. The van der Waals surface area contributed by atoms with Crippen LogP contribution in [0.1, 0.15) is 41.0 Å². The molecular weight excluding hydrogens is 494 g/mol. The van der Waals surface area contributed by atoms with Crippen LogP contribution in [0, 0.1) is 13.8 Å². The predicted octanol–water partition coefficient (Wildman–Crippen LogP) is 5.50. The topological polar surface area (TPSA) is 71.4 Å². The third-order valence-electron chi connectivity index (χ3n) is 6.88. The molecule has 0 bridgehead atoms. The lowest BCUT2D eigenvalue weighted by Gasteiger charge is -2.29. The van der Waals surface area contributed by atoms with Crippen LogP contribution in [-0.4, -0.2) is 39.1 Å². The molecule has 1 aliphatic rings. The van der Waals surface area contributed by atoms with Crippen LogP contribution in [0.2, 0.25) is 0 Å². The van der Waals surface area contributed by atoms with Crippen LogP contribution in [0.5, 0.6) is 5.75 Å². The fraction of sp³-hybridized carbons (Fsp3) is 0.233. The summed E-state index contributed by atoms with van der Waals surface area (Å²) in [5.41, 5.74) is 5.93. The molecule has 2 atom stereocenters. The van der Waals surface area contributed by atoms with Crippen LogP contribution >= 0.6 is 12.2 Å². The zero-order valence-electron chi connectivity index (χ0n) is 21.7. The predicted molar refractivity (Wildman–Crippen MR) is 154 cm³/mol. The highest BCUT2D eigenvalue weighted by Gasteiger charge is 2.41. The van der Waals surface area contributed by atoms with Gasteiger partial charge >= 0.3 is 0 Å². The Labute approximate surface area is 228 Å². The summed E-state index contributed by atoms with van der Waals surface area (Å²) in [5.74, 6) is 0.751. The molecule has 38 heavy (non-hydrogen) atoms. The minimum Gasteiger partial charge on any atom is -0.497 e. The summed E-state index contributed by atoms with van der Waals surface area (Å²) in [7, 11) is 1.66. The lowest BCUT2D eigenvalue weighted by Crippen LogP contribution is -2.33. The first-order valence-electron chi connectivity index (χ1n) is 12.6. The number of hydrogen-bond donors (Lipinski definition) is 2. The monoisotopic (exact) mass is 525 g/mol. The number of nitrogens with zero attached hydrogens (tertiary/aromatic N) is 3. The molecule has 0 saturated carbocycles. The number of aromatic nitrogens is 2. The van der Waals surface area contributed by atoms with E-state index < -0.39 is 0 Å². The Bertz CT molecular complexity index is 1430. The SMILES string of the molecule is COc1ccc(-n2cccc2C2C(c3ccccn3)NC(=S)N2CCC(=O)Nc2cc(C)ccc2C)cc1. The number of anilines is 1. The molecule has 2 aromatic carbocycles. The van der Waals surface area contributed by atoms with Crippen molar-refractivity contribution in [2.24, 2.45) is 0 Å². The number of thiocarbonyl (C=S) groups is 1. The van der Waals surface area contributed by atoms with Gasteiger partial charge in [-0.2, -0.15) is 0 Å². The molecule has 0 aliphatic carbocycles. The first-order chi connectivity index (χ1) is 18.4. The molecule has 1 amide bonds. The Balaban J connectivity index is 1.43. The van der Waals surface area contributed by atoms with Gasteiger partial charge < -0.3 is 24.8 Å². The molecule has 0 radical (unpaired) electrons. The maximum Gasteiger partial charge on any atom is 0.226 e. The number of pyridine rings is 1. The van der Waals surface area contributed by atoms with E-state index in [4.69, 9.17) is 17.0 Å². The summed E-state index contributed by atoms with van der Waals surface area (Å²) in [4.78, 5) is 19.7. The van der Waals surface area contributed by atoms with Crippen molar-refractivity contribution < 1.29 is 9.53 Å². The van der Waals surface area contributed by atoms with Crippen molar-refractivity contribution in [3.05, 3.63) is 108 Å². The molecule has 1 saturated heterocycles. The molecule has 7 nitrogen and oxygen atoms in total. The number of hydrogen-bond acceptors (Lipinski definition) is 4. The summed E-state index contributed by atoms with van der Waals surface area (Å²) in [6.45, 7) is 4.48. The van der Waals surface area contributed by atoms with Gasteiger partial charge in [0.25, 0.3) is 0 Å². The molecule has 2 N–H and O–H groups in total. The molecule has 3 heterocycles. The number of methoxy groups -OCH3 is 1. The first kappa shape index (κ1) is 25.5. The highest BCUT2D eigenvalue weighted by Crippen LogP contribution is 2.39. The summed E-state index contributed by atoms with van der Waals surface area (Å²) >= 11 is 5.81. The number of rotatable bonds is 8. The van der Waals surface area contributed by atoms with E-state index in [9.17, 15) is 4.79 Å². The van der Waals surface area contributed by atoms with Crippen LogP contribution < -0.4 is 15.4 Å². The van der Waals surface area contributed by atoms with Crippen molar-refractivity contribution in [3.8, 4) is 11.4 Å². The molecule has 1 fully saturated rings. The van der Waals surface area contributed by atoms with Crippen molar-refractivity contribution in [2.45, 2.75) is 32.4 Å². The van der Waals surface area contributed by atoms with Gasteiger partial charge in [0.05, 0.1) is 24.9 Å². The smallest absolute Gasteiger partial charge is 0.226 e. The maximum absolute atomic E-state index is 13.0. The van der Waals surface area contributed by atoms with Crippen LogP contribution in [-0.2, 0) is 4.79 Å². The zero-order chi connectivity index (χ0) is 26.6. The van der Waals surface area contributed by atoms with Crippen LogP contribution in [0.3, 0.4) is 0 Å². The van der Waals surface area contributed by atoms with E-state index in [0.29, 0.717) is 18.1 Å². The molecule has 2 unspecified atom stereocenters. The average Bonchev–Trinajstić information content (AvgIpc) is 3.54. The van der Waals surface area contributed by atoms with E-state index in [1.54, 1.807) is 13.3 Å². The third kappa shape index (κ3) is 5.26. The fourth-order valence-corrected chi connectivity index (χ4v) is 5.22. The van der Waals surface area contributed by atoms with Crippen LogP contribution in [0.15, 0.2) is 85.2 Å². The molecule has 2 aromatic heterocycles. The second kappa shape index (κ2) is 11.1. The number of carbonyl (C=O) groups is 1. The molecular formula is C30H31N5O2S. The largest absolute Gasteiger partial charge is 0.497 e. The molecule has 194 valence electrons. The lowest BCUT2D eigenvalue weighted by molar-refractivity contribution is -0.116. The van der Waals surface area contributed by atoms with Crippen LogP contribution in [0.4, 0.5) is 5.69 Å². The quantitative estimate of drug-likeness (QED) is 0.296. The van der Waals surface area contributed by atoms with Gasteiger partial charge in [-0.25, -0.2) is 0 Å². The first-order valence-corrected chi connectivity index (χ1v) is 13.0. The highest BCUT2D eigenvalue weighted by atomic mass is 32.1. The van der Waals surface area contributed by atoms with Gasteiger partial charge in [-0.1, -0.05) is 18.2 Å². The van der Waals surface area contributed by atoms with Crippen molar-refractivity contribution in [3.63, 3.8) is 0 Å². The molecule has 8 heteroatoms. The summed E-state index contributed by atoms with van der Waals surface area (Å²) < 4.78 is 7.49. The summed E-state index contributed by atoms with van der Waals surface area (Å²) in [6.07, 6.45) is 4.13. The molecule has 0 spiro atoms.